The Morgan fingerprint density at radius 1 is 1.41 bits per heavy atom. The Labute approximate surface area is 103 Å². The van der Waals surface area contributed by atoms with Crippen molar-refractivity contribution in [3.05, 3.63) is 23.9 Å². The summed E-state index contributed by atoms with van der Waals surface area (Å²) in [7, 11) is 0. The smallest absolute Gasteiger partial charge is 0.337 e. The summed E-state index contributed by atoms with van der Waals surface area (Å²) in [6.45, 7) is 1.91. The molecule has 1 atom stereocenters. The van der Waals surface area contributed by atoms with Gasteiger partial charge in [0.1, 0.15) is 5.25 Å². The Hall–Kier alpha value is -1.56. The summed E-state index contributed by atoms with van der Waals surface area (Å²) in [5.74, 6) is -1.92. The van der Waals surface area contributed by atoms with Crippen LogP contribution in [0.15, 0.2) is 23.4 Å². The van der Waals surface area contributed by atoms with Crippen LogP contribution in [0.3, 0.4) is 0 Å². The molecule has 2 N–H and O–H groups in total. The molecule has 92 valence electrons. The van der Waals surface area contributed by atoms with Crippen LogP contribution < -0.4 is 0 Å². The molecule has 1 heterocycles. The summed E-state index contributed by atoms with van der Waals surface area (Å²) in [6.07, 6.45) is 2.56. The van der Waals surface area contributed by atoms with Crippen molar-refractivity contribution in [2.45, 2.75) is 30.0 Å². The van der Waals surface area contributed by atoms with Crippen molar-refractivity contribution in [1.82, 2.24) is 4.98 Å². The zero-order valence-corrected chi connectivity index (χ0v) is 10.1. The lowest BCUT2D eigenvalue weighted by atomic mass is 10.2. The number of hydrogen-bond donors (Lipinski definition) is 2. The summed E-state index contributed by atoms with van der Waals surface area (Å²) in [5, 5.41) is 17.6. The van der Waals surface area contributed by atoms with Gasteiger partial charge in [0.25, 0.3) is 0 Å². The molecule has 0 aliphatic rings. The van der Waals surface area contributed by atoms with Gasteiger partial charge in [0, 0.05) is 6.20 Å². The van der Waals surface area contributed by atoms with E-state index in [1.165, 1.54) is 18.3 Å². The number of carboxylic acids is 2. The van der Waals surface area contributed by atoms with Gasteiger partial charge in [0.15, 0.2) is 0 Å². The maximum Gasteiger partial charge on any atom is 0.337 e. The molecule has 0 aromatic carbocycles. The van der Waals surface area contributed by atoms with Crippen LogP contribution in [0.1, 0.15) is 30.1 Å². The second kappa shape index (κ2) is 6.24. The number of rotatable bonds is 6. The Balaban J connectivity index is 2.73. The molecule has 6 heteroatoms. The molecule has 1 aromatic rings. The van der Waals surface area contributed by atoms with E-state index in [9.17, 15) is 9.59 Å². The van der Waals surface area contributed by atoms with Gasteiger partial charge in [-0.05, 0) is 18.6 Å². The summed E-state index contributed by atoms with van der Waals surface area (Å²) >= 11 is 1.14. The molecule has 0 saturated heterocycles. The number of carboxylic acid groups (broad SMARTS) is 2. The Morgan fingerprint density at radius 2 is 2.12 bits per heavy atom. The van der Waals surface area contributed by atoms with Crippen LogP contribution in [0, 0.1) is 0 Å². The van der Waals surface area contributed by atoms with E-state index in [4.69, 9.17) is 10.2 Å². The predicted molar refractivity (Wildman–Crippen MR) is 63.4 cm³/mol. The minimum Gasteiger partial charge on any atom is -0.480 e. The van der Waals surface area contributed by atoms with Crippen molar-refractivity contribution >= 4 is 23.7 Å². The van der Waals surface area contributed by atoms with E-state index in [-0.39, 0.29) is 5.56 Å². The van der Waals surface area contributed by atoms with Crippen LogP contribution in [0.4, 0.5) is 0 Å². The molecule has 0 aliphatic carbocycles. The Kier molecular flexibility index (Phi) is 4.96. The molecule has 0 amide bonds. The van der Waals surface area contributed by atoms with Gasteiger partial charge in [-0.2, -0.15) is 0 Å². The molecule has 1 rings (SSSR count). The van der Waals surface area contributed by atoms with Crippen LogP contribution in [-0.4, -0.2) is 32.4 Å². The minimum absolute atomic E-state index is 0.0942. The van der Waals surface area contributed by atoms with Crippen molar-refractivity contribution < 1.29 is 19.8 Å². The highest BCUT2D eigenvalue weighted by atomic mass is 32.2. The number of aliphatic carboxylic acids is 1. The van der Waals surface area contributed by atoms with Gasteiger partial charge in [-0.1, -0.05) is 25.1 Å². The first-order valence-electron chi connectivity index (χ1n) is 5.13. The Bertz CT molecular complexity index is 404. The average molecular weight is 255 g/mol. The van der Waals surface area contributed by atoms with Crippen LogP contribution in [0.25, 0.3) is 0 Å². The third-order valence-corrected chi connectivity index (χ3v) is 3.28. The van der Waals surface area contributed by atoms with Crippen molar-refractivity contribution in [3.8, 4) is 0 Å². The molecule has 1 aromatic heterocycles. The average Bonchev–Trinajstić information content (AvgIpc) is 2.29. The van der Waals surface area contributed by atoms with Gasteiger partial charge in [-0.3, -0.25) is 4.79 Å². The topological polar surface area (TPSA) is 87.5 Å². The molecule has 0 bridgehead atoms. The molecule has 1 unspecified atom stereocenters. The first-order chi connectivity index (χ1) is 8.04. The van der Waals surface area contributed by atoms with Gasteiger partial charge in [-0.15, -0.1) is 0 Å². The largest absolute Gasteiger partial charge is 0.480 e. The van der Waals surface area contributed by atoms with Gasteiger partial charge in [0.2, 0.25) is 0 Å². The SMILES string of the molecule is CCCC(Sc1ccc(C(=O)O)cn1)C(=O)O. The molecular formula is C11H13NO4S. The third-order valence-electron chi connectivity index (χ3n) is 2.07. The monoisotopic (exact) mass is 255 g/mol. The number of pyridine rings is 1. The fourth-order valence-corrected chi connectivity index (χ4v) is 2.22. The third kappa shape index (κ3) is 4.07. The van der Waals surface area contributed by atoms with Crippen molar-refractivity contribution in [1.29, 1.82) is 0 Å². The predicted octanol–water partition coefficient (Wildman–Crippen LogP) is 2.13. The van der Waals surface area contributed by atoms with E-state index in [1.807, 2.05) is 6.92 Å². The maximum atomic E-state index is 10.9. The Morgan fingerprint density at radius 3 is 2.53 bits per heavy atom. The quantitative estimate of drug-likeness (QED) is 0.757. The molecule has 0 spiro atoms. The summed E-state index contributed by atoms with van der Waals surface area (Å²) in [4.78, 5) is 25.5. The van der Waals surface area contributed by atoms with Crippen molar-refractivity contribution in [2.75, 3.05) is 0 Å². The van der Waals surface area contributed by atoms with E-state index >= 15 is 0 Å². The van der Waals surface area contributed by atoms with Crippen LogP contribution in [-0.2, 0) is 4.79 Å². The fourth-order valence-electron chi connectivity index (χ4n) is 1.22. The van der Waals surface area contributed by atoms with Crippen molar-refractivity contribution in [3.63, 3.8) is 0 Å². The first-order valence-corrected chi connectivity index (χ1v) is 6.01. The summed E-state index contributed by atoms with van der Waals surface area (Å²) in [5.41, 5.74) is 0.0942. The van der Waals surface area contributed by atoms with Gasteiger partial charge >= 0.3 is 11.9 Å². The number of aromatic nitrogens is 1. The zero-order valence-electron chi connectivity index (χ0n) is 9.29. The molecule has 5 nitrogen and oxygen atoms in total. The standard InChI is InChI=1S/C11H13NO4S/c1-2-3-8(11(15)16)17-9-5-4-7(6-12-9)10(13)14/h4-6,8H,2-3H2,1H3,(H,13,14)(H,15,16). The molecular weight excluding hydrogens is 242 g/mol. The number of aromatic carboxylic acids is 1. The van der Waals surface area contributed by atoms with Gasteiger partial charge < -0.3 is 10.2 Å². The van der Waals surface area contributed by atoms with Gasteiger partial charge in [-0.25, -0.2) is 9.78 Å². The second-order valence-electron chi connectivity index (χ2n) is 3.42. The lowest BCUT2D eigenvalue weighted by Gasteiger charge is -2.09. The summed E-state index contributed by atoms with van der Waals surface area (Å²) in [6, 6.07) is 2.95. The molecule has 0 saturated carbocycles. The molecule has 17 heavy (non-hydrogen) atoms. The van der Waals surface area contributed by atoms with E-state index in [1.54, 1.807) is 0 Å². The number of thioether (sulfide) groups is 1. The van der Waals surface area contributed by atoms with E-state index in [2.05, 4.69) is 4.98 Å². The lowest BCUT2D eigenvalue weighted by Crippen LogP contribution is -2.16. The molecule has 0 aliphatic heterocycles. The number of nitrogens with zero attached hydrogens (tertiary/aromatic N) is 1. The molecule has 0 fully saturated rings. The number of hydrogen-bond acceptors (Lipinski definition) is 4. The summed E-state index contributed by atoms with van der Waals surface area (Å²) < 4.78 is 0. The zero-order chi connectivity index (χ0) is 12.8. The lowest BCUT2D eigenvalue weighted by molar-refractivity contribution is -0.136. The highest BCUT2D eigenvalue weighted by Gasteiger charge is 2.18. The van der Waals surface area contributed by atoms with E-state index in [0.717, 1.165) is 18.2 Å². The molecule has 0 radical (unpaired) electrons. The van der Waals surface area contributed by atoms with E-state index < -0.39 is 17.2 Å². The van der Waals surface area contributed by atoms with Crippen LogP contribution >= 0.6 is 11.8 Å². The van der Waals surface area contributed by atoms with Crippen LogP contribution in [0.5, 0.6) is 0 Å². The highest BCUT2D eigenvalue weighted by Crippen LogP contribution is 2.24. The second-order valence-corrected chi connectivity index (χ2v) is 4.65. The van der Waals surface area contributed by atoms with Crippen molar-refractivity contribution in [2.24, 2.45) is 0 Å². The highest BCUT2D eigenvalue weighted by molar-refractivity contribution is 8.00. The first kappa shape index (κ1) is 13.5. The minimum atomic E-state index is -1.04. The maximum absolute atomic E-state index is 10.9. The van der Waals surface area contributed by atoms with E-state index in [0.29, 0.717) is 11.4 Å². The normalized spacial score (nSPS) is 12.1. The number of carbonyl (C=O) groups is 2. The fraction of sp³-hybridized carbons (Fsp3) is 0.364. The van der Waals surface area contributed by atoms with Crippen LogP contribution in [0.2, 0.25) is 0 Å². The van der Waals surface area contributed by atoms with Gasteiger partial charge in [0.05, 0.1) is 10.6 Å².